The van der Waals surface area contributed by atoms with Gasteiger partial charge in [-0.3, -0.25) is 15.6 Å². The van der Waals surface area contributed by atoms with Gasteiger partial charge < -0.3 is 11.1 Å². The minimum Gasteiger partial charge on any atom is -0.393 e. The van der Waals surface area contributed by atoms with E-state index >= 15 is 0 Å². The molecule has 8 heteroatoms. The number of carbonyl (C=O) groups excluding carboxylic acids is 1. The molecule has 1 amide bonds. The van der Waals surface area contributed by atoms with Gasteiger partial charge in [0.1, 0.15) is 17.8 Å². The molecule has 0 atom stereocenters. The van der Waals surface area contributed by atoms with Crippen LogP contribution in [-0.2, 0) is 6.54 Å². The highest BCUT2D eigenvalue weighted by atomic mass is 19.1. The van der Waals surface area contributed by atoms with Crippen molar-refractivity contribution in [3.8, 4) is 0 Å². The van der Waals surface area contributed by atoms with E-state index in [2.05, 4.69) is 26.1 Å². The second kappa shape index (κ2) is 7.93. The van der Waals surface area contributed by atoms with E-state index in [4.69, 9.17) is 5.73 Å². The molecular formula is C18H17FN6O. The number of nitrogen functional groups attached to an aromatic ring is 1. The van der Waals surface area contributed by atoms with Gasteiger partial charge in [-0.15, -0.1) is 0 Å². The summed E-state index contributed by atoms with van der Waals surface area (Å²) in [5.41, 5.74) is 12.9. The van der Waals surface area contributed by atoms with E-state index < -0.39 is 0 Å². The first-order chi connectivity index (χ1) is 12.6. The van der Waals surface area contributed by atoms with Gasteiger partial charge in [0, 0.05) is 12.1 Å². The van der Waals surface area contributed by atoms with Crippen molar-refractivity contribution in [2.45, 2.75) is 6.54 Å². The van der Waals surface area contributed by atoms with Crippen molar-refractivity contribution >= 4 is 23.2 Å². The Kier molecular flexibility index (Phi) is 5.23. The van der Waals surface area contributed by atoms with Gasteiger partial charge in [0.2, 0.25) is 0 Å². The Morgan fingerprint density at radius 3 is 2.42 bits per heavy atom. The molecule has 5 N–H and O–H groups in total. The van der Waals surface area contributed by atoms with Crippen LogP contribution in [0.25, 0.3) is 0 Å². The summed E-state index contributed by atoms with van der Waals surface area (Å²) < 4.78 is 12.9. The van der Waals surface area contributed by atoms with Gasteiger partial charge in [-0.2, -0.15) is 0 Å². The predicted molar refractivity (Wildman–Crippen MR) is 97.7 cm³/mol. The fourth-order valence-corrected chi connectivity index (χ4v) is 2.20. The molecule has 1 aromatic heterocycles. The molecular weight excluding hydrogens is 335 g/mol. The molecule has 0 aliphatic rings. The van der Waals surface area contributed by atoms with Gasteiger partial charge in [-0.1, -0.05) is 30.3 Å². The van der Waals surface area contributed by atoms with Crippen LogP contribution in [-0.4, -0.2) is 15.9 Å². The van der Waals surface area contributed by atoms with E-state index in [0.717, 1.165) is 5.56 Å². The summed E-state index contributed by atoms with van der Waals surface area (Å²) in [7, 11) is 0. The molecule has 132 valence electrons. The van der Waals surface area contributed by atoms with Crippen LogP contribution >= 0.6 is 0 Å². The molecule has 0 spiro atoms. The van der Waals surface area contributed by atoms with Gasteiger partial charge in [0.15, 0.2) is 11.6 Å². The van der Waals surface area contributed by atoms with Gasteiger partial charge in [-0.25, -0.2) is 14.4 Å². The van der Waals surface area contributed by atoms with Crippen LogP contribution in [0.5, 0.6) is 0 Å². The van der Waals surface area contributed by atoms with Crippen molar-refractivity contribution in [1.82, 2.24) is 15.4 Å². The number of rotatable bonds is 6. The smallest absolute Gasteiger partial charge is 0.269 e. The van der Waals surface area contributed by atoms with Crippen LogP contribution < -0.4 is 21.9 Å². The summed E-state index contributed by atoms with van der Waals surface area (Å²) in [4.78, 5) is 20.2. The molecule has 0 fully saturated rings. The molecule has 3 aromatic rings. The normalized spacial score (nSPS) is 10.2. The van der Waals surface area contributed by atoms with E-state index in [1.54, 1.807) is 36.4 Å². The number of nitrogens with one attached hydrogen (secondary N) is 3. The SMILES string of the molecule is Nc1c(NCc2ccc(F)cc2)ncnc1NNC(=O)c1ccccc1. The van der Waals surface area contributed by atoms with E-state index in [0.29, 0.717) is 17.9 Å². The monoisotopic (exact) mass is 352 g/mol. The number of nitrogens with two attached hydrogens (primary N) is 1. The number of halogens is 1. The lowest BCUT2D eigenvalue weighted by Crippen LogP contribution is -2.30. The van der Waals surface area contributed by atoms with E-state index in [1.165, 1.54) is 18.5 Å². The average molecular weight is 352 g/mol. The number of amides is 1. The Morgan fingerprint density at radius 2 is 1.69 bits per heavy atom. The number of hydrogen-bond acceptors (Lipinski definition) is 6. The second-order valence-electron chi connectivity index (χ2n) is 5.41. The van der Waals surface area contributed by atoms with Crippen LogP contribution in [0, 0.1) is 5.82 Å². The Morgan fingerprint density at radius 1 is 1.00 bits per heavy atom. The standard InChI is InChI=1S/C18H17FN6O/c19-14-8-6-12(7-9-14)10-21-16-15(20)17(23-11-22-16)24-25-18(26)13-4-2-1-3-5-13/h1-9,11H,10,20H2,(H,25,26)(H2,21,22,23,24). The topological polar surface area (TPSA) is 105 Å². The minimum atomic E-state index is -0.315. The van der Waals surface area contributed by atoms with Crippen molar-refractivity contribution in [2.75, 3.05) is 16.5 Å². The van der Waals surface area contributed by atoms with Crippen LogP contribution in [0.4, 0.5) is 21.7 Å². The Hall–Kier alpha value is -3.68. The molecule has 0 unspecified atom stereocenters. The lowest BCUT2D eigenvalue weighted by Gasteiger charge is -2.13. The summed E-state index contributed by atoms with van der Waals surface area (Å²) >= 11 is 0. The first-order valence-corrected chi connectivity index (χ1v) is 7.83. The summed E-state index contributed by atoms with van der Waals surface area (Å²) in [5.74, 6) is 0.0621. The average Bonchev–Trinajstić information content (AvgIpc) is 2.68. The lowest BCUT2D eigenvalue weighted by molar-refractivity contribution is 0.0962. The fraction of sp³-hybridized carbons (Fsp3) is 0.0556. The number of aromatic nitrogens is 2. The van der Waals surface area contributed by atoms with Crippen LogP contribution in [0.15, 0.2) is 60.9 Å². The van der Waals surface area contributed by atoms with Crippen LogP contribution in [0.3, 0.4) is 0 Å². The zero-order valence-electron chi connectivity index (χ0n) is 13.7. The number of carbonyl (C=O) groups is 1. The summed E-state index contributed by atoms with van der Waals surface area (Å²) in [6, 6.07) is 14.8. The molecule has 2 aromatic carbocycles. The van der Waals surface area contributed by atoms with Crippen molar-refractivity contribution in [2.24, 2.45) is 0 Å². The molecule has 0 saturated carbocycles. The third kappa shape index (κ3) is 4.23. The van der Waals surface area contributed by atoms with Crippen molar-refractivity contribution in [1.29, 1.82) is 0 Å². The predicted octanol–water partition coefficient (Wildman–Crippen LogP) is 2.57. The van der Waals surface area contributed by atoms with E-state index in [1.807, 2.05) is 6.07 Å². The molecule has 0 bridgehead atoms. The Labute approximate surface area is 149 Å². The quantitative estimate of drug-likeness (QED) is 0.508. The van der Waals surface area contributed by atoms with Crippen molar-refractivity contribution < 1.29 is 9.18 Å². The van der Waals surface area contributed by atoms with Crippen molar-refractivity contribution in [3.63, 3.8) is 0 Å². The highest BCUT2D eigenvalue weighted by molar-refractivity contribution is 5.95. The van der Waals surface area contributed by atoms with Gasteiger partial charge in [-0.05, 0) is 29.8 Å². The maximum atomic E-state index is 12.9. The molecule has 3 rings (SSSR count). The minimum absolute atomic E-state index is 0.253. The van der Waals surface area contributed by atoms with Gasteiger partial charge >= 0.3 is 0 Å². The third-order valence-electron chi connectivity index (χ3n) is 3.59. The number of benzene rings is 2. The molecule has 0 aliphatic carbocycles. The first-order valence-electron chi connectivity index (χ1n) is 7.83. The van der Waals surface area contributed by atoms with Gasteiger partial charge in [0.25, 0.3) is 5.91 Å². The maximum Gasteiger partial charge on any atom is 0.269 e. The highest BCUT2D eigenvalue weighted by Gasteiger charge is 2.10. The number of nitrogens with zero attached hydrogens (tertiary/aromatic N) is 2. The zero-order valence-corrected chi connectivity index (χ0v) is 13.7. The molecule has 1 heterocycles. The lowest BCUT2D eigenvalue weighted by atomic mass is 10.2. The second-order valence-corrected chi connectivity index (χ2v) is 5.41. The molecule has 0 radical (unpaired) electrons. The summed E-state index contributed by atoms with van der Waals surface area (Å²) in [6.45, 7) is 0.414. The molecule has 7 nitrogen and oxygen atoms in total. The number of hydrazine groups is 1. The summed E-state index contributed by atoms with van der Waals surface area (Å²) in [6.07, 6.45) is 1.32. The highest BCUT2D eigenvalue weighted by Crippen LogP contribution is 2.22. The van der Waals surface area contributed by atoms with Crippen LogP contribution in [0.1, 0.15) is 15.9 Å². The third-order valence-corrected chi connectivity index (χ3v) is 3.59. The fourth-order valence-electron chi connectivity index (χ4n) is 2.20. The number of hydrogen-bond donors (Lipinski definition) is 4. The van der Waals surface area contributed by atoms with Crippen LogP contribution in [0.2, 0.25) is 0 Å². The molecule has 0 aliphatic heterocycles. The first kappa shape index (κ1) is 17.2. The zero-order chi connectivity index (χ0) is 18.4. The van der Waals surface area contributed by atoms with E-state index in [9.17, 15) is 9.18 Å². The summed E-state index contributed by atoms with van der Waals surface area (Å²) in [5, 5.41) is 3.06. The Bertz CT molecular complexity index is 886. The number of anilines is 3. The molecule has 0 saturated heterocycles. The largest absolute Gasteiger partial charge is 0.393 e. The Balaban J connectivity index is 1.63. The van der Waals surface area contributed by atoms with Crippen molar-refractivity contribution in [3.05, 3.63) is 77.9 Å². The van der Waals surface area contributed by atoms with E-state index in [-0.39, 0.29) is 23.2 Å². The molecule has 26 heavy (non-hydrogen) atoms. The van der Waals surface area contributed by atoms with Gasteiger partial charge in [0.05, 0.1) is 0 Å². The maximum absolute atomic E-state index is 12.9.